The van der Waals surface area contributed by atoms with Crippen molar-refractivity contribution < 1.29 is 9.53 Å². The Balaban J connectivity index is 0.00000200. The smallest absolute Gasteiger partial charge is 0.226 e. The fraction of sp³-hybridized carbons (Fsp3) is 0.692. The first-order valence-corrected chi connectivity index (χ1v) is 6.76. The second-order valence-electron chi connectivity index (χ2n) is 4.84. The maximum absolute atomic E-state index is 12.0. The molecule has 0 spiro atoms. The second kappa shape index (κ2) is 7.61. The zero-order valence-electron chi connectivity index (χ0n) is 12.2. The van der Waals surface area contributed by atoms with E-state index in [-0.39, 0.29) is 24.4 Å². The molecule has 0 bridgehead atoms. The normalized spacial score (nSPS) is 18.4. The minimum atomic E-state index is 0. The van der Waals surface area contributed by atoms with E-state index in [1.807, 2.05) is 25.5 Å². The van der Waals surface area contributed by atoms with Gasteiger partial charge in [-0.2, -0.15) is 5.10 Å². The summed E-state index contributed by atoms with van der Waals surface area (Å²) in [5, 5.41) is 10.6. The molecule has 7 heteroatoms. The first kappa shape index (κ1) is 16.9. The zero-order valence-corrected chi connectivity index (χ0v) is 13.0. The van der Waals surface area contributed by atoms with Gasteiger partial charge in [0.05, 0.1) is 30.3 Å². The molecule has 2 heterocycles. The predicted molar refractivity (Wildman–Crippen MR) is 80.5 cm³/mol. The lowest BCUT2D eigenvalue weighted by Gasteiger charge is -2.23. The second-order valence-corrected chi connectivity index (χ2v) is 4.84. The summed E-state index contributed by atoms with van der Waals surface area (Å²) in [4.78, 5) is 12.0. The molecule has 0 saturated carbocycles. The van der Waals surface area contributed by atoms with Gasteiger partial charge >= 0.3 is 0 Å². The van der Waals surface area contributed by atoms with E-state index < -0.39 is 0 Å². The summed E-state index contributed by atoms with van der Waals surface area (Å²) >= 11 is 0. The largest absolute Gasteiger partial charge is 0.378 e. The van der Waals surface area contributed by atoms with Crippen LogP contribution in [0.25, 0.3) is 0 Å². The average Bonchev–Trinajstić information content (AvgIpc) is 2.67. The monoisotopic (exact) mass is 302 g/mol. The summed E-state index contributed by atoms with van der Waals surface area (Å²) in [5.41, 5.74) is 2.70. The van der Waals surface area contributed by atoms with E-state index in [1.54, 1.807) is 0 Å². The molecule has 1 aromatic rings. The highest BCUT2D eigenvalue weighted by Gasteiger charge is 2.19. The van der Waals surface area contributed by atoms with Crippen LogP contribution in [0.15, 0.2) is 0 Å². The van der Waals surface area contributed by atoms with Crippen molar-refractivity contribution in [3.63, 3.8) is 0 Å². The van der Waals surface area contributed by atoms with Gasteiger partial charge in [0.25, 0.3) is 0 Å². The lowest BCUT2D eigenvalue weighted by molar-refractivity contribution is -0.117. The SMILES string of the molecule is CCn1nc(C)c(NC(=O)CC2COCCN2)c1C.Cl. The number of rotatable bonds is 4. The summed E-state index contributed by atoms with van der Waals surface area (Å²) in [6, 6.07) is 0.107. The molecule has 1 unspecified atom stereocenters. The molecule has 6 nitrogen and oxygen atoms in total. The lowest BCUT2D eigenvalue weighted by atomic mass is 10.2. The molecule has 2 N–H and O–H groups in total. The van der Waals surface area contributed by atoms with E-state index in [0.717, 1.165) is 36.8 Å². The van der Waals surface area contributed by atoms with Gasteiger partial charge in [-0.15, -0.1) is 12.4 Å². The number of anilines is 1. The molecule has 114 valence electrons. The van der Waals surface area contributed by atoms with Crippen LogP contribution in [-0.4, -0.2) is 41.5 Å². The van der Waals surface area contributed by atoms with Gasteiger partial charge in [0.2, 0.25) is 5.91 Å². The molecule has 1 atom stereocenters. The highest BCUT2D eigenvalue weighted by Crippen LogP contribution is 2.19. The molecule has 2 rings (SSSR count). The van der Waals surface area contributed by atoms with E-state index in [0.29, 0.717) is 13.0 Å². The Hall–Kier alpha value is -1.11. The first-order chi connectivity index (χ1) is 9.11. The molecule has 1 aromatic heterocycles. The predicted octanol–water partition coefficient (Wildman–Crippen LogP) is 1.26. The molecule has 1 saturated heterocycles. The molecule has 1 amide bonds. The van der Waals surface area contributed by atoms with Crippen LogP contribution in [0, 0.1) is 13.8 Å². The van der Waals surface area contributed by atoms with Crippen molar-refractivity contribution >= 4 is 24.0 Å². The van der Waals surface area contributed by atoms with Crippen LogP contribution in [0.4, 0.5) is 5.69 Å². The highest BCUT2D eigenvalue weighted by molar-refractivity contribution is 5.92. The number of hydrogen-bond acceptors (Lipinski definition) is 4. The van der Waals surface area contributed by atoms with E-state index in [4.69, 9.17) is 4.74 Å². The molecule has 1 aliphatic heterocycles. The number of carbonyl (C=O) groups is 1. The third-order valence-electron chi connectivity index (χ3n) is 3.38. The van der Waals surface area contributed by atoms with E-state index >= 15 is 0 Å². The standard InChI is InChI=1S/C13H22N4O2.ClH/c1-4-17-10(3)13(9(2)16-17)15-12(18)7-11-8-19-6-5-14-11;/h11,14H,4-8H2,1-3H3,(H,15,18);1H. The Kier molecular flexibility index (Phi) is 6.45. The topological polar surface area (TPSA) is 68.2 Å². The van der Waals surface area contributed by atoms with Crippen molar-refractivity contribution in [2.75, 3.05) is 25.1 Å². The van der Waals surface area contributed by atoms with Crippen LogP contribution < -0.4 is 10.6 Å². The molecular weight excluding hydrogens is 280 g/mol. The Morgan fingerprint density at radius 3 is 2.85 bits per heavy atom. The Labute approximate surface area is 125 Å². The van der Waals surface area contributed by atoms with Crippen LogP contribution in [0.3, 0.4) is 0 Å². The molecule has 0 radical (unpaired) electrons. The number of morpholine rings is 1. The number of amides is 1. The van der Waals surface area contributed by atoms with Crippen LogP contribution in [0.1, 0.15) is 24.7 Å². The quantitative estimate of drug-likeness (QED) is 0.878. The summed E-state index contributed by atoms with van der Waals surface area (Å²) < 4.78 is 7.24. The molecule has 20 heavy (non-hydrogen) atoms. The number of halogens is 1. The number of ether oxygens (including phenoxy) is 1. The number of aromatic nitrogens is 2. The number of hydrogen-bond donors (Lipinski definition) is 2. The molecular formula is C13H23ClN4O2. The lowest BCUT2D eigenvalue weighted by Crippen LogP contribution is -2.43. The van der Waals surface area contributed by atoms with Gasteiger partial charge in [0, 0.05) is 25.6 Å². The molecule has 1 fully saturated rings. The Morgan fingerprint density at radius 1 is 1.55 bits per heavy atom. The van der Waals surface area contributed by atoms with Crippen molar-refractivity contribution in [3.05, 3.63) is 11.4 Å². The third-order valence-corrected chi connectivity index (χ3v) is 3.38. The fourth-order valence-corrected chi connectivity index (χ4v) is 2.35. The van der Waals surface area contributed by atoms with Crippen molar-refractivity contribution in [1.29, 1.82) is 0 Å². The van der Waals surface area contributed by atoms with E-state index in [1.165, 1.54) is 0 Å². The van der Waals surface area contributed by atoms with E-state index in [2.05, 4.69) is 15.7 Å². The van der Waals surface area contributed by atoms with Gasteiger partial charge in [0.1, 0.15) is 0 Å². The third kappa shape index (κ3) is 3.94. The minimum Gasteiger partial charge on any atom is -0.378 e. The van der Waals surface area contributed by atoms with Crippen LogP contribution in [-0.2, 0) is 16.1 Å². The van der Waals surface area contributed by atoms with Crippen molar-refractivity contribution in [2.24, 2.45) is 0 Å². The summed E-state index contributed by atoms with van der Waals surface area (Å²) in [5.74, 6) is 0.00449. The first-order valence-electron chi connectivity index (χ1n) is 6.76. The maximum atomic E-state index is 12.0. The van der Waals surface area contributed by atoms with Crippen LogP contribution >= 0.6 is 12.4 Å². The van der Waals surface area contributed by atoms with Gasteiger partial charge in [-0.25, -0.2) is 0 Å². The van der Waals surface area contributed by atoms with Crippen molar-refractivity contribution in [2.45, 2.75) is 39.8 Å². The highest BCUT2D eigenvalue weighted by atomic mass is 35.5. The van der Waals surface area contributed by atoms with Gasteiger partial charge in [-0.3, -0.25) is 9.48 Å². The Morgan fingerprint density at radius 2 is 2.30 bits per heavy atom. The van der Waals surface area contributed by atoms with Crippen LogP contribution in [0.2, 0.25) is 0 Å². The van der Waals surface area contributed by atoms with Gasteiger partial charge in [0.15, 0.2) is 0 Å². The average molecular weight is 303 g/mol. The van der Waals surface area contributed by atoms with Gasteiger partial charge < -0.3 is 15.4 Å². The summed E-state index contributed by atoms with van der Waals surface area (Å²) in [7, 11) is 0. The number of aryl methyl sites for hydroxylation is 2. The van der Waals surface area contributed by atoms with Crippen molar-refractivity contribution in [3.8, 4) is 0 Å². The minimum absolute atomic E-state index is 0. The molecule has 1 aliphatic rings. The summed E-state index contributed by atoms with van der Waals surface area (Å²) in [6.07, 6.45) is 0.427. The number of nitrogens with zero attached hydrogens (tertiary/aromatic N) is 2. The number of nitrogens with one attached hydrogen (secondary N) is 2. The number of carbonyl (C=O) groups excluding carboxylic acids is 1. The Bertz CT molecular complexity index is 455. The van der Waals surface area contributed by atoms with E-state index in [9.17, 15) is 4.79 Å². The molecule has 0 aromatic carbocycles. The van der Waals surface area contributed by atoms with Crippen molar-refractivity contribution in [1.82, 2.24) is 15.1 Å². The molecule has 0 aliphatic carbocycles. The fourth-order valence-electron chi connectivity index (χ4n) is 2.35. The van der Waals surface area contributed by atoms with Crippen LogP contribution in [0.5, 0.6) is 0 Å². The maximum Gasteiger partial charge on any atom is 0.226 e. The van der Waals surface area contributed by atoms with Gasteiger partial charge in [-0.1, -0.05) is 0 Å². The van der Waals surface area contributed by atoms with Gasteiger partial charge in [-0.05, 0) is 20.8 Å². The summed E-state index contributed by atoms with van der Waals surface area (Å²) in [6.45, 7) is 8.86. The zero-order chi connectivity index (χ0) is 13.8.